The normalized spacial score (nSPS) is 18.5. The molecule has 0 radical (unpaired) electrons. The van der Waals surface area contributed by atoms with Crippen LogP contribution in [0.4, 0.5) is 0 Å². The van der Waals surface area contributed by atoms with Crippen LogP contribution in [0.15, 0.2) is 59.6 Å². The maximum Gasteiger partial charge on any atom is 0.337 e. The molecule has 0 fully saturated rings. The van der Waals surface area contributed by atoms with Gasteiger partial charge in [0.15, 0.2) is 5.54 Å². The number of hydrogen-bond donors (Lipinski definition) is 1. The molecule has 1 heterocycles. The molecule has 1 atom stereocenters. The van der Waals surface area contributed by atoms with Gasteiger partial charge in [-0.15, -0.1) is 0 Å². The predicted octanol–water partition coefficient (Wildman–Crippen LogP) is 2.38. The Morgan fingerprint density at radius 2 is 1.93 bits per heavy atom. The number of hydrogen-bond acceptors (Lipinski definition) is 6. The van der Waals surface area contributed by atoms with Crippen molar-refractivity contribution in [1.82, 2.24) is 0 Å². The van der Waals surface area contributed by atoms with Crippen molar-refractivity contribution in [2.75, 3.05) is 26.9 Å². The van der Waals surface area contributed by atoms with Crippen LogP contribution >= 0.6 is 0 Å². The van der Waals surface area contributed by atoms with Gasteiger partial charge in [-0.3, -0.25) is 0 Å². The lowest BCUT2D eigenvalue weighted by Gasteiger charge is -2.20. The van der Waals surface area contributed by atoms with E-state index in [4.69, 9.17) is 19.3 Å². The Hall–Kier alpha value is -2.86. The molecular formula is C21H23NO5. The summed E-state index contributed by atoms with van der Waals surface area (Å²) in [5, 5.41) is 8.80. The van der Waals surface area contributed by atoms with Crippen LogP contribution in [0, 0.1) is 0 Å². The molecule has 0 saturated carbocycles. The summed E-state index contributed by atoms with van der Waals surface area (Å²) in [6.07, 6.45) is 0.991. The Bertz CT molecular complexity index is 788. The molecule has 142 valence electrons. The quantitative estimate of drug-likeness (QED) is 0.571. The molecule has 0 amide bonds. The number of rotatable bonds is 8. The van der Waals surface area contributed by atoms with E-state index in [1.165, 1.54) is 7.11 Å². The first kappa shape index (κ1) is 18.9. The van der Waals surface area contributed by atoms with Crippen molar-refractivity contribution in [2.45, 2.75) is 18.4 Å². The average molecular weight is 369 g/mol. The lowest BCUT2D eigenvalue weighted by molar-refractivity contribution is -0.147. The SMILES string of the molecule is COC(=O)[C@@]1(Cc2ccccc2)COC(c2ccc(OCCCO)cc2)=N1. The highest BCUT2D eigenvalue weighted by molar-refractivity contribution is 5.99. The van der Waals surface area contributed by atoms with Gasteiger partial charge in [0.25, 0.3) is 0 Å². The number of aliphatic imine (C=N–C) groups is 1. The number of benzene rings is 2. The van der Waals surface area contributed by atoms with Crippen molar-refractivity contribution in [3.8, 4) is 5.75 Å². The van der Waals surface area contributed by atoms with E-state index >= 15 is 0 Å². The smallest absolute Gasteiger partial charge is 0.337 e. The second-order valence-electron chi connectivity index (χ2n) is 6.34. The highest BCUT2D eigenvalue weighted by Gasteiger charge is 2.45. The molecule has 1 aliphatic rings. The van der Waals surface area contributed by atoms with Gasteiger partial charge in [-0.1, -0.05) is 30.3 Å². The highest BCUT2D eigenvalue weighted by atomic mass is 16.5. The van der Waals surface area contributed by atoms with E-state index in [0.717, 1.165) is 11.1 Å². The van der Waals surface area contributed by atoms with Gasteiger partial charge in [-0.25, -0.2) is 9.79 Å². The number of carbonyl (C=O) groups excluding carboxylic acids is 1. The Labute approximate surface area is 158 Å². The lowest BCUT2D eigenvalue weighted by Crippen LogP contribution is -2.41. The molecule has 3 rings (SSSR count). The van der Waals surface area contributed by atoms with E-state index < -0.39 is 11.5 Å². The summed E-state index contributed by atoms with van der Waals surface area (Å²) in [5.41, 5.74) is 0.675. The van der Waals surface area contributed by atoms with Crippen LogP contribution in [0.3, 0.4) is 0 Å². The number of ether oxygens (including phenoxy) is 3. The molecule has 2 aromatic rings. The number of carbonyl (C=O) groups is 1. The first-order valence-electron chi connectivity index (χ1n) is 8.86. The summed E-state index contributed by atoms with van der Waals surface area (Å²) in [7, 11) is 1.36. The van der Waals surface area contributed by atoms with Gasteiger partial charge >= 0.3 is 5.97 Å². The number of esters is 1. The van der Waals surface area contributed by atoms with Gasteiger partial charge in [-0.2, -0.15) is 0 Å². The summed E-state index contributed by atoms with van der Waals surface area (Å²) < 4.78 is 16.3. The first-order chi connectivity index (χ1) is 13.2. The summed E-state index contributed by atoms with van der Waals surface area (Å²) in [5.74, 6) is 0.706. The Kier molecular flexibility index (Phi) is 6.08. The second kappa shape index (κ2) is 8.68. The summed E-state index contributed by atoms with van der Waals surface area (Å²) >= 11 is 0. The fourth-order valence-corrected chi connectivity index (χ4v) is 2.93. The number of aliphatic hydroxyl groups is 1. The van der Waals surface area contributed by atoms with Crippen LogP contribution in [0.25, 0.3) is 0 Å². The predicted molar refractivity (Wildman–Crippen MR) is 101 cm³/mol. The van der Waals surface area contributed by atoms with Crippen LogP contribution in [-0.2, 0) is 20.7 Å². The highest BCUT2D eigenvalue weighted by Crippen LogP contribution is 2.28. The molecule has 6 nitrogen and oxygen atoms in total. The van der Waals surface area contributed by atoms with Gasteiger partial charge in [0.1, 0.15) is 12.4 Å². The molecule has 0 unspecified atom stereocenters. The minimum Gasteiger partial charge on any atom is -0.494 e. The zero-order chi connectivity index (χ0) is 19.1. The molecule has 2 aromatic carbocycles. The monoisotopic (exact) mass is 369 g/mol. The van der Waals surface area contributed by atoms with E-state index in [-0.39, 0.29) is 13.2 Å². The fraction of sp³-hybridized carbons (Fsp3) is 0.333. The minimum atomic E-state index is -1.08. The van der Waals surface area contributed by atoms with Gasteiger partial charge in [0.05, 0.1) is 13.7 Å². The van der Waals surface area contributed by atoms with Crippen molar-refractivity contribution < 1.29 is 24.1 Å². The third-order valence-electron chi connectivity index (χ3n) is 4.34. The largest absolute Gasteiger partial charge is 0.494 e. The molecule has 0 aliphatic carbocycles. The summed E-state index contributed by atoms with van der Waals surface area (Å²) in [6, 6.07) is 17.0. The molecule has 27 heavy (non-hydrogen) atoms. The molecule has 1 aliphatic heterocycles. The minimum absolute atomic E-state index is 0.0970. The van der Waals surface area contributed by atoms with Crippen molar-refractivity contribution in [3.63, 3.8) is 0 Å². The molecular weight excluding hydrogens is 346 g/mol. The molecule has 1 N–H and O–H groups in total. The van der Waals surface area contributed by atoms with E-state index in [2.05, 4.69) is 4.99 Å². The summed E-state index contributed by atoms with van der Waals surface area (Å²) in [6.45, 7) is 0.689. The Morgan fingerprint density at radius 3 is 2.59 bits per heavy atom. The van der Waals surface area contributed by atoms with Crippen molar-refractivity contribution in [2.24, 2.45) is 4.99 Å². The average Bonchev–Trinajstić information content (AvgIpc) is 3.14. The topological polar surface area (TPSA) is 77.4 Å². The molecule has 0 saturated heterocycles. The first-order valence-corrected chi connectivity index (χ1v) is 8.86. The van der Waals surface area contributed by atoms with Gasteiger partial charge < -0.3 is 19.3 Å². The van der Waals surface area contributed by atoms with Crippen molar-refractivity contribution in [1.29, 1.82) is 0 Å². The molecule has 0 bridgehead atoms. The Morgan fingerprint density at radius 1 is 1.19 bits per heavy atom. The standard InChI is InChI=1S/C21H23NO5/c1-25-20(24)21(14-16-6-3-2-4-7-16)15-27-19(22-21)17-8-10-18(11-9-17)26-13-5-12-23/h2-4,6-11,23H,5,12-15H2,1H3/t21-/m1/s1. The fourth-order valence-electron chi connectivity index (χ4n) is 2.93. The number of nitrogens with zero attached hydrogens (tertiary/aromatic N) is 1. The van der Waals surface area contributed by atoms with Crippen LogP contribution < -0.4 is 4.74 Å². The third kappa shape index (κ3) is 4.46. The van der Waals surface area contributed by atoms with Crippen LogP contribution in [0.1, 0.15) is 17.5 Å². The van der Waals surface area contributed by atoms with Crippen molar-refractivity contribution >= 4 is 11.9 Å². The number of methoxy groups -OCH3 is 1. The molecule has 0 spiro atoms. The van der Waals surface area contributed by atoms with Crippen LogP contribution in [-0.4, -0.2) is 49.4 Å². The van der Waals surface area contributed by atoms with Crippen LogP contribution in [0.2, 0.25) is 0 Å². The Balaban J connectivity index is 1.79. The lowest BCUT2D eigenvalue weighted by atomic mass is 9.92. The van der Waals surface area contributed by atoms with Crippen molar-refractivity contribution in [3.05, 3.63) is 65.7 Å². The molecule has 6 heteroatoms. The van der Waals surface area contributed by atoms with Gasteiger partial charge in [0, 0.05) is 25.0 Å². The van der Waals surface area contributed by atoms with E-state index in [1.54, 1.807) is 0 Å². The maximum absolute atomic E-state index is 12.5. The van der Waals surface area contributed by atoms with Gasteiger partial charge in [-0.05, 0) is 29.8 Å². The van der Waals surface area contributed by atoms with E-state index in [0.29, 0.717) is 31.1 Å². The molecule has 0 aromatic heterocycles. The number of aliphatic hydroxyl groups excluding tert-OH is 1. The zero-order valence-corrected chi connectivity index (χ0v) is 15.3. The van der Waals surface area contributed by atoms with Gasteiger partial charge in [0.2, 0.25) is 5.90 Å². The van der Waals surface area contributed by atoms with E-state index in [9.17, 15) is 4.79 Å². The third-order valence-corrected chi connectivity index (χ3v) is 4.34. The second-order valence-corrected chi connectivity index (χ2v) is 6.34. The van der Waals surface area contributed by atoms with E-state index in [1.807, 2.05) is 54.6 Å². The maximum atomic E-state index is 12.5. The summed E-state index contributed by atoms with van der Waals surface area (Å²) in [4.78, 5) is 17.1. The zero-order valence-electron chi connectivity index (χ0n) is 15.3. The van der Waals surface area contributed by atoms with Crippen LogP contribution in [0.5, 0.6) is 5.75 Å².